The highest BCUT2D eigenvalue weighted by Crippen LogP contribution is 2.33. The van der Waals surface area contributed by atoms with E-state index in [1.165, 1.54) is 17.7 Å². The Morgan fingerprint density at radius 1 is 1.07 bits per heavy atom. The molecule has 0 amide bonds. The van der Waals surface area contributed by atoms with Crippen LogP contribution in [0.5, 0.6) is 0 Å². The molecule has 2 aromatic carbocycles. The molecule has 0 N–H and O–H groups in total. The van der Waals surface area contributed by atoms with Gasteiger partial charge in [0.15, 0.2) is 5.78 Å². The lowest BCUT2D eigenvalue weighted by Gasteiger charge is -2.07. The molecule has 0 atom stereocenters. The first kappa shape index (κ1) is 18.0. The molecule has 1 aliphatic heterocycles. The summed E-state index contributed by atoms with van der Waals surface area (Å²) >= 11 is 5.84. The minimum absolute atomic E-state index is 0.0343. The van der Waals surface area contributed by atoms with Crippen molar-refractivity contribution in [3.8, 4) is 0 Å². The van der Waals surface area contributed by atoms with Gasteiger partial charge in [-0.25, -0.2) is 4.39 Å². The Bertz CT molecular complexity index is 1220. The molecule has 0 unspecified atom stereocenters. The Morgan fingerprint density at radius 2 is 1.90 bits per heavy atom. The summed E-state index contributed by atoms with van der Waals surface area (Å²) in [7, 11) is 0. The zero-order valence-corrected chi connectivity index (χ0v) is 16.2. The number of rotatable bonds is 4. The molecule has 5 rings (SSSR count). The number of carbonyl (C=O) groups excluding carboxylic acids is 1. The number of ketones is 1. The van der Waals surface area contributed by atoms with E-state index in [4.69, 9.17) is 16.6 Å². The van der Waals surface area contributed by atoms with E-state index in [1.54, 1.807) is 18.5 Å². The number of fused-ring (bicyclic) bond motifs is 2. The number of aliphatic imine (C=N–C) groups is 1. The van der Waals surface area contributed by atoms with Crippen LogP contribution in [0, 0.1) is 5.82 Å². The lowest BCUT2D eigenvalue weighted by atomic mass is 9.96. The first-order chi connectivity index (χ1) is 14.1. The molecule has 142 valence electrons. The summed E-state index contributed by atoms with van der Waals surface area (Å²) in [5.74, 6) is -0.441. The average molecular weight is 403 g/mol. The predicted octanol–water partition coefficient (Wildman–Crippen LogP) is 4.98. The van der Waals surface area contributed by atoms with E-state index in [0.29, 0.717) is 18.5 Å². The molecule has 1 aliphatic carbocycles. The van der Waals surface area contributed by atoms with Gasteiger partial charge in [-0.15, -0.1) is 0 Å². The largest absolute Gasteiger partial charge is 0.294 e. The van der Waals surface area contributed by atoms with Crippen LogP contribution in [0.2, 0.25) is 5.02 Å². The molecule has 0 saturated carbocycles. The van der Waals surface area contributed by atoms with Crippen LogP contribution in [0.3, 0.4) is 0 Å². The van der Waals surface area contributed by atoms with Crippen LogP contribution in [0.25, 0.3) is 6.08 Å². The number of Topliss-reactive ketones (excluding diaryl/α,β-unsaturated/α-hetero) is 1. The fourth-order valence-corrected chi connectivity index (χ4v) is 4.13. The zero-order chi connectivity index (χ0) is 20.0. The molecule has 0 saturated heterocycles. The molecule has 1 aromatic heterocycles. The van der Waals surface area contributed by atoms with Gasteiger partial charge in [0, 0.05) is 41.9 Å². The molecule has 29 heavy (non-hydrogen) atoms. The minimum Gasteiger partial charge on any atom is -0.294 e. The number of aromatic nitrogens is 1. The third-order valence-corrected chi connectivity index (χ3v) is 5.69. The first-order valence-electron chi connectivity index (χ1n) is 9.37. The van der Waals surface area contributed by atoms with Gasteiger partial charge in [-0.05, 0) is 58.7 Å². The van der Waals surface area contributed by atoms with Crippen molar-refractivity contribution < 1.29 is 9.18 Å². The second-order valence-electron chi connectivity index (χ2n) is 7.30. The number of hydrogen-bond acceptors (Lipinski definition) is 3. The third-order valence-electron chi connectivity index (χ3n) is 5.40. The van der Waals surface area contributed by atoms with Gasteiger partial charge in [-0.1, -0.05) is 23.7 Å². The molecule has 0 spiro atoms. The lowest BCUT2D eigenvalue weighted by molar-refractivity contribution is -0.114. The third kappa shape index (κ3) is 3.30. The monoisotopic (exact) mass is 402 g/mol. The number of nitrogens with zero attached hydrogens (tertiary/aromatic N) is 2. The summed E-state index contributed by atoms with van der Waals surface area (Å²) in [5.41, 5.74) is 8.01. The van der Waals surface area contributed by atoms with Crippen molar-refractivity contribution in [2.75, 3.05) is 0 Å². The second kappa shape index (κ2) is 7.05. The van der Waals surface area contributed by atoms with Crippen LogP contribution >= 0.6 is 11.6 Å². The van der Waals surface area contributed by atoms with Gasteiger partial charge in [-0.3, -0.25) is 14.8 Å². The van der Waals surface area contributed by atoms with Crippen molar-refractivity contribution in [2.24, 2.45) is 4.99 Å². The number of benzene rings is 2. The van der Waals surface area contributed by atoms with Crippen molar-refractivity contribution in [3.63, 3.8) is 0 Å². The highest BCUT2D eigenvalue weighted by Gasteiger charge is 2.24. The Balaban J connectivity index is 1.41. The van der Waals surface area contributed by atoms with Gasteiger partial charge in [-0.2, -0.15) is 0 Å². The summed E-state index contributed by atoms with van der Waals surface area (Å²) in [5, 5.41) is 0.0401. The number of hydrogen-bond donors (Lipinski definition) is 0. The van der Waals surface area contributed by atoms with E-state index in [2.05, 4.69) is 17.1 Å². The van der Waals surface area contributed by atoms with E-state index in [9.17, 15) is 9.18 Å². The molecule has 3 aromatic rings. The Kier molecular flexibility index (Phi) is 4.36. The number of halogens is 2. The van der Waals surface area contributed by atoms with E-state index < -0.39 is 5.82 Å². The summed E-state index contributed by atoms with van der Waals surface area (Å²) in [6.45, 7) is 0.650. The van der Waals surface area contributed by atoms with Gasteiger partial charge < -0.3 is 0 Å². The molecule has 5 heteroatoms. The number of allylic oxidation sites excluding steroid dienone is 1. The van der Waals surface area contributed by atoms with Crippen molar-refractivity contribution in [3.05, 3.63) is 105 Å². The lowest BCUT2D eigenvalue weighted by Crippen LogP contribution is -2.06. The standard InChI is InChI=1S/C24H16ClFN2O/c25-21-7-14(1-2-22(21)26)8-23(29)18-9-16-11-19-13-28-24(15-3-5-27-6-4-15)20(19)12-17(16)10-18/h1-7,10-12H,8-9,13H2. The van der Waals surface area contributed by atoms with Crippen molar-refractivity contribution >= 4 is 29.2 Å². The van der Waals surface area contributed by atoms with E-state index in [-0.39, 0.29) is 17.2 Å². The van der Waals surface area contributed by atoms with Crippen LogP contribution in [0.1, 0.15) is 33.4 Å². The highest BCUT2D eigenvalue weighted by atomic mass is 35.5. The Labute approximate surface area is 172 Å². The molecule has 0 radical (unpaired) electrons. The van der Waals surface area contributed by atoms with Crippen LogP contribution in [-0.4, -0.2) is 16.5 Å². The van der Waals surface area contributed by atoms with E-state index in [1.807, 2.05) is 18.2 Å². The summed E-state index contributed by atoms with van der Waals surface area (Å²) < 4.78 is 13.3. The number of carbonyl (C=O) groups is 1. The normalized spacial score (nSPS) is 14.3. The smallest absolute Gasteiger partial charge is 0.163 e. The summed E-state index contributed by atoms with van der Waals surface area (Å²) in [4.78, 5) is 21.6. The molecule has 0 bridgehead atoms. The fourth-order valence-electron chi connectivity index (χ4n) is 3.93. The molecule has 0 fully saturated rings. The Morgan fingerprint density at radius 3 is 2.69 bits per heavy atom. The van der Waals surface area contributed by atoms with Gasteiger partial charge in [0.2, 0.25) is 0 Å². The Hall–Kier alpha value is -3.11. The van der Waals surface area contributed by atoms with Crippen molar-refractivity contribution in [2.45, 2.75) is 19.4 Å². The quantitative estimate of drug-likeness (QED) is 0.617. The molecule has 2 heterocycles. The second-order valence-corrected chi connectivity index (χ2v) is 7.71. The zero-order valence-electron chi connectivity index (χ0n) is 15.5. The van der Waals surface area contributed by atoms with E-state index >= 15 is 0 Å². The van der Waals surface area contributed by atoms with Crippen LogP contribution in [-0.2, 0) is 24.2 Å². The maximum Gasteiger partial charge on any atom is 0.163 e. The van der Waals surface area contributed by atoms with Crippen molar-refractivity contribution in [1.82, 2.24) is 4.98 Å². The molecule has 3 nitrogen and oxygen atoms in total. The van der Waals surface area contributed by atoms with Gasteiger partial charge in [0.05, 0.1) is 17.3 Å². The first-order valence-corrected chi connectivity index (χ1v) is 9.75. The van der Waals surface area contributed by atoms with Gasteiger partial charge in [0.25, 0.3) is 0 Å². The topological polar surface area (TPSA) is 42.3 Å². The minimum atomic E-state index is -0.475. The maximum absolute atomic E-state index is 13.3. The van der Waals surface area contributed by atoms with Crippen LogP contribution in [0.4, 0.5) is 4.39 Å². The summed E-state index contributed by atoms with van der Waals surface area (Å²) in [6.07, 6.45) is 6.32. The highest BCUT2D eigenvalue weighted by molar-refractivity contribution is 6.30. The average Bonchev–Trinajstić information content (AvgIpc) is 3.33. The summed E-state index contributed by atoms with van der Waals surface area (Å²) in [6, 6.07) is 12.6. The van der Waals surface area contributed by atoms with Crippen LogP contribution in [0.15, 0.2) is 65.4 Å². The molecular weight excluding hydrogens is 387 g/mol. The predicted molar refractivity (Wildman–Crippen MR) is 112 cm³/mol. The molecule has 2 aliphatic rings. The van der Waals surface area contributed by atoms with Gasteiger partial charge >= 0.3 is 0 Å². The SMILES string of the molecule is O=C(Cc1ccc(F)c(Cl)c1)C1=Cc2cc3c(cc2C1)CN=C3c1ccncc1. The van der Waals surface area contributed by atoms with E-state index in [0.717, 1.165) is 33.5 Å². The van der Waals surface area contributed by atoms with Gasteiger partial charge in [0.1, 0.15) is 5.82 Å². The van der Waals surface area contributed by atoms with Crippen LogP contribution < -0.4 is 0 Å². The molecular formula is C24H16ClFN2O. The number of pyridine rings is 1. The van der Waals surface area contributed by atoms with Crippen molar-refractivity contribution in [1.29, 1.82) is 0 Å². The fraction of sp³-hybridized carbons (Fsp3) is 0.125. The maximum atomic E-state index is 13.3.